The molecule has 2 aliphatic rings. The Bertz CT molecular complexity index is 745. The number of aliphatic hydroxyl groups excluding tert-OH is 5. The Hall–Kier alpha value is -0.850. The predicted octanol–water partition coefficient (Wildman–Crippen LogP) is -0.912. The van der Waals surface area contributed by atoms with Crippen molar-refractivity contribution in [2.75, 3.05) is 86.4 Å². The minimum Gasteiger partial charge on any atom is -0.396 e. The largest absolute Gasteiger partial charge is 0.396 e. The molecule has 0 amide bonds. The number of ether oxygens (including phenoxy) is 8. The first-order chi connectivity index (χ1) is 21.3. The highest BCUT2D eigenvalue weighted by atomic mass is 16.6. The Kier molecular flexibility index (Phi) is 20.2. The van der Waals surface area contributed by atoms with Gasteiger partial charge >= 0.3 is 0 Å². The summed E-state index contributed by atoms with van der Waals surface area (Å²) in [4.78, 5) is 13.0. The lowest BCUT2D eigenvalue weighted by molar-refractivity contribution is -0.242. The molecule has 4 unspecified atom stereocenters. The highest BCUT2D eigenvalue weighted by Crippen LogP contribution is 2.33. The van der Waals surface area contributed by atoms with Crippen LogP contribution in [-0.4, -0.2) is 167 Å². The van der Waals surface area contributed by atoms with Gasteiger partial charge in [-0.05, 0) is 12.8 Å². The van der Waals surface area contributed by atoms with E-state index in [0.717, 1.165) is 12.8 Å². The van der Waals surface area contributed by atoms with Gasteiger partial charge in [0.2, 0.25) is 0 Å². The maximum atomic E-state index is 13.0. The maximum Gasteiger partial charge on any atom is 0.164 e. The summed E-state index contributed by atoms with van der Waals surface area (Å²) in [6.45, 7) is 5.43. The normalized spacial score (nSPS) is 32.6. The molecule has 2 rings (SSSR count). The van der Waals surface area contributed by atoms with E-state index >= 15 is 0 Å². The van der Waals surface area contributed by atoms with E-state index < -0.39 is 60.7 Å². The third-order valence-electron chi connectivity index (χ3n) is 7.83. The molecule has 14 heteroatoms. The van der Waals surface area contributed by atoms with Gasteiger partial charge in [-0.3, -0.25) is 4.79 Å². The monoisotopic (exact) mass is 640 g/mol. The zero-order valence-corrected chi connectivity index (χ0v) is 26.5. The fourth-order valence-electron chi connectivity index (χ4n) is 5.58. The van der Waals surface area contributed by atoms with Crippen LogP contribution in [0, 0.1) is 11.8 Å². The summed E-state index contributed by atoms with van der Waals surface area (Å²) < 4.78 is 45.8. The zero-order chi connectivity index (χ0) is 32.3. The van der Waals surface area contributed by atoms with Crippen LogP contribution >= 0.6 is 0 Å². The Morgan fingerprint density at radius 1 is 0.659 bits per heavy atom. The second kappa shape index (κ2) is 22.6. The molecule has 0 saturated carbocycles. The average molecular weight is 641 g/mol. The topological polar surface area (TPSA) is 192 Å². The van der Waals surface area contributed by atoms with E-state index in [-0.39, 0.29) is 71.7 Å². The molecule has 5 N–H and O–H groups in total. The van der Waals surface area contributed by atoms with Crippen molar-refractivity contribution in [3.63, 3.8) is 0 Å². The summed E-state index contributed by atoms with van der Waals surface area (Å²) in [5.74, 6) is -1.73. The zero-order valence-electron chi connectivity index (χ0n) is 26.5. The molecule has 2 fully saturated rings. The number of Topliss-reactive ketones (excluding diaryl/α,β-unsaturated/α-hetero) is 1. The molecule has 0 aromatic rings. The van der Waals surface area contributed by atoms with Crippen LogP contribution in [0.2, 0.25) is 0 Å². The number of rotatable bonds is 24. The molecule has 0 spiro atoms. The van der Waals surface area contributed by atoms with E-state index in [1.807, 2.05) is 13.8 Å². The number of aliphatic hydroxyl groups is 5. The van der Waals surface area contributed by atoms with Gasteiger partial charge in [0.25, 0.3) is 0 Å². The standard InChI is InChI=1S/C30H56O14/c1-4-6-23-30(42-15-14-39-11-9-32)27(35)21(29(44-23)22(33)7-8-31)17-41-19-25-28(36)26(34)20(16-37-3)24(43-25)18-40-13-12-38-10-5-2/h20-21,23-32,34-36H,4-19H2,1-3H3/t20-,21-,23+,24?,25-,26-,27?,28?,29+,30?/m0/s1. The molecule has 0 bridgehead atoms. The summed E-state index contributed by atoms with van der Waals surface area (Å²) >= 11 is 0. The second-order valence-corrected chi connectivity index (χ2v) is 11.2. The third-order valence-corrected chi connectivity index (χ3v) is 7.83. The Morgan fingerprint density at radius 2 is 1.36 bits per heavy atom. The van der Waals surface area contributed by atoms with Crippen molar-refractivity contribution in [1.29, 1.82) is 0 Å². The molecule has 0 aromatic heterocycles. The highest BCUT2D eigenvalue weighted by molar-refractivity contribution is 5.83. The highest BCUT2D eigenvalue weighted by Gasteiger charge is 2.49. The number of carbonyl (C=O) groups excluding carboxylic acids is 1. The van der Waals surface area contributed by atoms with Crippen LogP contribution in [0.3, 0.4) is 0 Å². The fraction of sp³-hybridized carbons (Fsp3) is 0.967. The lowest BCUT2D eigenvalue weighted by Gasteiger charge is -2.45. The average Bonchev–Trinajstić information content (AvgIpc) is 3.01. The molecule has 0 aliphatic carbocycles. The molecular formula is C30H56O14. The van der Waals surface area contributed by atoms with Crippen LogP contribution in [0.1, 0.15) is 39.5 Å². The van der Waals surface area contributed by atoms with Crippen LogP contribution in [0.5, 0.6) is 0 Å². The first kappa shape index (κ1) is 39.3. The van der Waals surface area contributed by atoms with Gasteiger partial charge in [0.05, 0.1) is 97.1 Å². The smallest absolute Gasteiger partial charge is 0.164 e. The van der Waals surface area contributed by atoms with Gasteiger partial charge in [-0.25, -0.2) is 0 Å². The molecule has 2 aliphatic heterocycles. The quantitative estimate of drug-likeness (QED) is 0.0815. The molecule has 10 atom stereocenters. The fourth-order valence-corrected chi connectivity index (χ4v) is 5.58. The minimum absolute atomic E-state index is 0.118. The molecule has 44 heavy (non-hydrogen) atoms. The lowest BCUT2D eigenvalue weighted by Crippen LogP contribution is -2.60. The van der Waals surface area contributed by atoms with Crippen molar-refractivity contribution < 1.29 is 68.2 Å². The van der Waals surface area contributed by atoms with Crippen LogP contribution < -0.4 is 0 Å². The van der Waals surface area contributed by atoms with Gasteiger partial charge in [0, 0.05) is 32.0 Å². The molecular weight excluding hydrogens is 584 g/mol. The molecule has 2 saturated heterocycles. The van der Waals surface area contributed by atoms with Crippen LogP contribution in [-0.2, 0) is 42.7 Å². The van der Waals surface area contributed by atoms with Crippen molar-refractivity contribution in [2.45, 2.75) is 88.4 Å². The Morgan fingerprint density at radius 3 is 2.05 bits per heavy atom. The van der Waals surface area contributed by atoms with E-state index in [9.17, 15) is 25.2 Å². The molecule has 2 heterocycles. The SMILES string of the molecule is CCCOCCOCC1O[C@@H](COC[C@H]2C(O)C(OCCOCCO)[C@@H](CCC)O[C@H]2C(=O)CCO)C(O)[C@@H](O)[C@H]1COC. The first-order valence-corrected chi connectivity index (χ1v) is 15.8. The predicted molar refractivity (Wildman–Crippen MR) is 156 cm³/mol. The lowest BCUT2D eigenvalue weighted by atomic mass is 9.83. The van der Waals surface area contributed by atoms with E-state index in [1.54, 1.807) is 0 Å². The van der Waals surface area contributed by atoms with Gasteiger partial charge in [0.15, 0.2) is 5.78 Å². The number of carbonyl (C=O) groups is 1. The van der Waals surface area contributed by atoms with Crippen molar-refractivity contribution in [3.05, 3.63) is 0 Å². The Labute approximate surface area is 260 Å². The molecule has 14 nitrogen and oxygen atoms in total. The first-order valence-electron chi connectivity index (χ1n) is 15.8. The van der Waals surface area contributed by atoms with E-state index in [1.165, 1.54) is 7.11 Å². The molecule has 260 valence electrons. The summed E-state index contributed by atoms with van der Waals surface area (Å²) in [6, 6.07) is 0. The van der Waals surface area contributed by atoms with Gasteiger partial charge < -0.3 is 63.4 Å². The van der Waals surface area contributed by atoms with E-state index in [0.29, 0.717) is 26.2 Å². The van der Waals surface area contributed by atoms with Crippen molar-refractivity contribution in [2.24, 2.45) is 11.8 Å². The van der Waals surface area contributed by atoms with Gasteiger partial charge in [-0.2, -0.15) is 0 Å². The van der Waals surface area contributed by atoms with Gasteiger partial charge in [0.1, 0.15) is 24.4 Å². The second-order valence-electron chi connectivity index (χ2n) is 11.2. The summed E-state index contributed by atoms with van der Waals surface area (Å²) in [7, 11) is 1.50. The molecule has 0 radical (unpaired) electrons. The Balaban J connectivity index is 2.07. The maximum absolute atomic E-state index is 13.0. The van der Waals surface area contributed by atoms with Gasteiger partial charge in [-0.1, -0.05) is 20.3 Å². The number of hydrogen-bond donors (Lipinski definition) is 5. The van der Waals surface area contributed by atoms with E-state index in [2.05, 4.69) is 0 Å². The summed E-state index contributed by atoms with van der Waals surface area (Å²) in [6.07, 6.45) is -5.44. The minimum atomic E-state index is -1.28. The summed E-state index contributed by atoms with van der Waals surface area (Å²) in [5, 5.41) is 51.5. The van der Waals surface area contributed by atoms with Crippen molar-refractivity contribution >= 4 is 5.78 Å². The van der Waals surface area contributed by atoms with Crippen molar-refractivity contribution in [1.82, 2.24) is 0 Å². The molecule has 0 aromatic carbocycles. The van der Waals surface area contributed by atoms with Gasteiger partial charge in [-0.15, -0.1) is 0 Å². The van der Waals surface area contributed by atoms with Crippen molar-refractivity contribution in [3.8, 4) is 0 Å². The number of hydrogen-bond acceptors (Lipinski definition) is 14. The van der Waals surface area contributed by atoms with Crippen LogP contribution in [0.4, 0.5) is 0 Å². The van der Waals surface area contributed by atoms with Crippen LogP contribution in [0.15, 0.2) is 0 Å². The van der Waals surface area contributed by atoms with Crippen LogP contribution in [0.25, 0.3) is 0 Å². The number of methoxy groups -OCH3 is 1. The number of ketones is 1. The van der Waals surface area contributed by atoms with E-state index in [4.69, 9.17) is 43.0 Å². The third kappa shape index (κ3) is 12.4. The summed E-state index contributed by atoms with van der Waals surface area (Å²) in [5.41, 5.74) is 0.